The summed E-state index contributed by atoms with van der Waals surface area (Å²) in [5.74, 6) is 0.0401. The second-order valence-electron chi connectivity index (χ2n) is 6.00. The van der Waals surface area contributed by atoms with E-state index in [0.29, 0.717) is 17.1 Å². The molecule has 0 N–H and O–H groups in total. The number of aryl methyl sites for hydroxylation is 1. The minimum atomic E-state index is -0.587. The van der Waals surface area contributed by atoms with Crippen molar-refractivity contribution in [2.24, 2.45) is 0 Å². The predicted molar refractivity (Wildman–Crippen MR) is 85.1 cm³/mol. The Morgan fingerprint density at radius 2 is 1.61 bits per heavy atom. The summed E-state index contributed by atoms with van der Waals surface area (Å²) in [5.41, 5.74) is 0.664. The molecule has 122 valence electrons. The zero-order valence-electron chi connectivity index (χ0n) is 13.7. The van der Waals surface area contributed by atoms with E-state index in [4.69, 9.17) is 19.6 Å². The number of rotatable bonds is 5. The second-order valence-corrected chi connectivity index (χ2v) is 6.00. The number of carbonyl (C=O) groups is 1. The molecule has 0 aliphatic rings. The summed E-state index contributed by atoms with van der Waals surface area (Å²) >= 11 is 0. The van der Waals surface area contributed by atoms with Gasteiger partial charge in [0.25, 0.3) is 0 Å². The van der Waals surface area contributed by atoms with Crippen LogP contribution >= 0.6 is 0 Å². The monoisotopic (exact) mass is 316 g/mol. The fourth-order valence-corrected chi connectivity index (χ4v) is 1.67. The van der Waals surface area contributed by atoms with Crippen molar-refractivity contribution in [1.29, 1.82) is 0 Å². The molecular formula is C18H20O5. The Morgan fingerprint density at radius 3 is 2.26 bits per heavy atom. The van der Waals surface area contributed by atoms with Gasteiger partial charge in [-0.1, -0.05) is 30.3 Å². The van der Waals surface area contributed by atoms with Gasteiger partial charge in [0.05, 0.1) is 5.56 Å². The van der Waals surface area contributed by atoms with Crippen molar-refractivity contribution in [1.82, 2.24) is 0 Å². The maximum absolute atomic E-state index is 11.9. The van der Waals surface area contributed by atoms with E-state index in [1.807, 2.05) is 39.8 Å². The van der Waals surface area contributed by atoms with E-state index in [9.17, 15) is 4.79 Å². The molecule has 0 saturated carbocycles. The van der Waals surface area contributed by atoms with Crippen LogP contribution < -0.4 is 9.78 Å². The largest absolute Gasteiger partial charge is 0.386 e. The minimum absolute atomic E-state index is 0.293. The number of hydrogen-bond donors (Lipinski definition) is 0. The smallest absolute Gasteiger partial charge is 0.333 e. The molecule has 5 nitrogen and oxygen atoms in total. The lowest BCUT2D eigenvalue weighted by Gasteiger charge is -2.19. The van der Waals surface area contributed by atoms with Crippen LogP contribution in [0.4, 0.5) is 0 Å². The molecule has 2 rings (SSSR count). The molecule has 0 heterocycles. The molecule has 0 spiro atoms. The van der Waals surface area contributed by atoms with Crippen LogP contribution in [0.3, 0.4) is 0 Å². The average molecular weight is 316 g/mol. The van der Waals surface area contributed by atoms with E-state index in [1.165, 1.54) is 0 Å². The van der Waals surface area contributed by atoms with Crippen molar-refractivity contribution in [3.05, 3.63) is 59.7 Å². The van der Waals surface area contributed by atoms with Gasteiger partial charge in [-0.25, -0.2) is 9.68 Å². The van der Waals surface area contributed by atoms with Gasteiger partial charge in [-0.2, -0.15) is 4.89 Å². The van der Waals surface area contributed by atoms with E-state index in [2.05, 4.69) is 0 Å². The van der Waals surface area contributed by atoms with Crippen molar-refractivity contribution >= 4 is 5.97 Å². The van der Waals surface area contributed by atoms with E-state index in [-0.39, 0.29) is 0 Å². The van der Waals surface area contributed by atoms with Crippen molar-refractivity contribution in [3.63, 3.8) is 0 Å². The molecular weight excluding hydrogens is 296 g/mol. The van der Waals surface area contributed by atoms with Crippen LogP contribution in [-0.2, 0) is 9.78 Å². The average Bonchev–Trinajstić information content (AvgIpc) is 2.52. The van der Waals surface area contributed by atoms with Crippen LogP contribution in [0, 0.1) is 6.92 Å². The first-order chi connectivity index (χ1) is 10.9. The van der Waals surface area contributed by atoms with E-state index < -0.39 is 11.6 Å². The Hall–Kier alpha value is -2.53. The Labute approximate surface area is 135 Å². The second kappa shape index (κ2) is 7.15. The predicted octanol–water partition coefficient (Wildman–Crippen LogP) is 4.25. The maximum atomic E-state index is 11.9. The number of carbonyl (C=O) groups excluding carboxylic acids is 1. The van der Waals surface area contributed by atoms with Gasteiger partial charge in [-0.05, 0) is 45.9 Å². The molecule has 23 heavy (non-hydrogen) atoms. The molecule has 2 aromatic rings. The van der Waals surface area contributed by atoms with E-state index in [0.717, 1.165) is 5.56 Å². The molecule has 0 bridgehead atoms. The maximum Gasteiger partial charge on any atom is 0.386 e. The normalized spacial score (nSPS) is 11.0. The van der Waals surface area contributed by atoms with Crippen molar-refractivity contribution in [3.8, 4) is 11.5 Å². The molecule has 5 heteroatoms. The van der Waals surface area contributed by atoms with Gasteiger partial charge in [0.2, 0.25) is 11.5 Å². The highest BCUT2D eigenvalue weighted by atomic mass is 17.2. The molecule has 2 aromatic carbocycles. The minimum Gasteiger partial charge on any atom is -0.333 e. The Morgan fingerprint density at radius 1 is 0.913 bits per heavy atom. The highest BCUT2D eigenvalue weighted by Crippen LogP contribution is 2.32. The highest BCUT2D eigenvalue weighted by molar-refractivity contribution is 5.88. The van der Waals surface area contributed by atoms with Gasteiger partial charge in [0, 0.05) is 5.56 Å². The summed E-state index contributed by atoms with van der Waals surface area (Å²) in [6, 6.07) is 13.9. The van der Waals surface area contributed by atoms with Gasteiger partial charge in [-0.15, -0.1) is 0 Å². The summed E-state index contributed by atoms with van der Waals surface area (Å²) in [7, 11) is 0. The first-order valence-corrected chi connectivity index (χ1v) is 7.26. The Balaban J connectivity index is 2.08. The first-order valence-electron chi connectivity index (χ1n) is 7.26. The third-order valence-electron chi connectivity index (χ3n) is 2.77. The first kappa shape index (κ1) is 16.8. The number of para-hydroxylation sites is 1. The van der Waals surface area contributed by atoms with Gasteiger partial charge in [-0.3, -0.25) is 4.89 Å². The lowest BCUT2D eigenvalue weighted by molar-refractivity contribution is -0.277. The summed E-state index contributed by atoms with van der Waals surface area (Å²) in [5, 5.41) is 0. The van der Waals surface area contributed by atoms with Crippen LogP contribution in [0.25, 0.3) is 0 Å². The molecule has 0 amide bonds. The highest BCUT2D eigenvalue weighted by Gasteiger charge is 2.18. The van der Waals surface area contributed by atoms with Gasteiger partial charge in [0.1, 0.15) is 5.60 Å². The SMILES string of the molecule is Cc1cccc(OOC(C)(C)C)c1OOC(=O)c1ccccc1. The zero-order valence-corrected chi connectivity index (χ0v) is 13.7. The molecule has 0 saturated heterocycles. The summed E-state index contributed by atoms with van der Waals surface area (Å²) < 4.78 is 0. The lowest BCUT2D eigenvalue weighted by Crippen LogP contribution is -2.21. The Bertz CT molecular complexity index is 659. The molecule has 0 aliphatic carbocycles. The van der Waals surface area contributed by atoms with Crippen LogP contribution in [0.5, 0.6) is 11.5 Å². The number of benzene rings is 2. The fourth-order valence-electron chi connectivity index (χ4n) is 1.67. The topological polar surface area (TPSA) is 54.0 Å². The van der Waals surface area contributed by atoms with Crippen molar-refractivity contribution < 1.29 is 24.3 Å². The summed E-state index contributed by atoms with van der Waals surface area (Å²) in [4.78, 5) is 32.6. The molecule has 0 aliphatic heterocycles. The molecule has 0 fully saturated rings. The summed E-state index contributed by atoms with van der Waals surface area (Å²) in [6.45, 7) is 7.39. The fraction of sp³-hybridized carbons (Fsp3) is 0.278. The quantitative estimate of drug-likeness (QED) is 0.609. The van der Waals surface area contributed by atoms with Crippen molar-refractivity contribution in [2.45, 2.75) is 33.3 Å². The van der Waals surface area contributed by atoms with Crippen molar-refractivity contribution in [2.75, 3.05) is 0 Å². The Kier molecular flexibility index (Phi) is 5.24. The molecule has 0 atom stereocenters. The van der Waals surface area contributed by atoms with Gasteiger partial charge in [0.15, 0.2) is 0 Å². The van der Waals surface area contributed by atoms with Crippen LogP contribution in [0.1, 0.15) is 36.7 Å². The lowest BCUT2D eigenvalue weighted by atomic mass is 10.2. The zero-order chi connectivity index (χ0) is 16.9. The van der Waals surface area contributed by atoms with E-state index >= 15 is 0 Å². The summed E-state index contributed by atoms with van der Waals surface area (Å²) in [6.07, 6.45) is 0. The van der Waals surface area contributed by atoms with Gasteiger partial charge >= 0.3 is 5.97 Å². The molecule has 0 radical (unpaired) electrons. The van der Waals surface area contributed by atoms with Crippen LogP contribution in [0.15, 0.2) is 48.5 Å². The van der Waals surface area contributed by atoms with Crippen LogP contribution in [-0.4, -0.2) is 11.6 Å². The molecule has 0 aromatic heterocycles. The molecule has 0 unspecified atom stereocenters. The van der Waals surface area contributed by atoms with E-state index in [1.54, 1.807) is 36.4 Å². The third kappa shape index (κ3) is 5.00. The van der Waals surface area contributed by atoms with Gasteiger partial charge < -0.3 is 4.89 Å². The standard InChI is InChI=1S/C18H20O5/c1-13-9-8-12-15(20-23-18(2,3)4)16(13)21-22-17(19)14-10-6-5-7-11-14/h5-12H,1-4H3. The third-order valence-corrected chi connectivity index (χ3v) is 2.77. The van der Waals surface area contributed by atoms with Crippen LogP contribution in [0.2, 0.25) is 0 Å². The number of hydrogen-bond acceptors (Lipinski definition) is 5.